The Kier molecular flexibility index (Phi) is 6.53. The van der Waals surface area contributed by atoms with E-state index in [1.54, 1.807) is 0 Å². The molecule has 3 saturated carbocycles. The van der Waals surface area contributed by atoms with Crippen LogP contribution in [0.5, 0.6) is 0 Å². The molecule has 0 aromatic carbocycles. The van der Waals surface area contributed by atoms with Crippen molar-refractivity contribution < 1.29 is 9.42 Å². The van der Waals surface area contributed by atoms with Crippen LogP contribution in [-0.4, -0.2) is 17.2 Å². The van der Waals surface area contributed by atoms with Crippen molar-refractivity contribution in [1.29, 1.82) is 0 Å². The van der Waals surface area contributed by atoms with E-state index >= 15 is 0 Å². The van der Waals surface area contributed by atoms with E-state index in [0.717, 1.165) is 24.4 Å². The maximum atomic E-state index is 10.2. The lowest BCUT2D eigenvalue weighted by Gasteiger charge is -2.61. The van der Waals surface area contributed by atoms with Crippen molar-refractivity contribution in [3.05, 3.63) is 0 Å². The predicted octanol–water partition coefficient (Wildman–Crippen LogP) is 5.74. The molecule has 3 heteroatoms. The van der Waals surface area contributed by atoms with Gasteiger partial charge >= 0.3 is 0 Å². The molecule has 0 saturated heterocycles. The van der Waals surface area contributed by atoms with Crippen LogP contribution >= 0.6 is 8.38 Å². The lowest BCUT2D eigenvalue weighted by Crippen LogP contribution is -2.56. The summed E-state index contributed by atoms with van der Waals surface area (Å²) in [6.45, 7) is 9.41. The molecule has 3 aliphatic rings. The maximum absolute atomic E-state index is 10.2. The summed E-state index contributed by atoms with van der Waals surface area (Å²) in [4.78, 5) is 10.2. The number of hydrogen-bond donors (Lipinski definition) is 1. The van der Waals surface area contributed by atoms with Gasteiger partial charge in [-0.1, -0.05) is 59.8 Å². The molecule has 1 unspecified atom stereocenters. The molecule has 0 aromatic heterocycles. The molecule has 0 aromatic rings. The Morgan fingerprint density at radius 3 is 2.38 bits per heavy atom. The van der Waals surface area contributed by atoms with Crippen molar-refractivity contribution in [3.63, 3.8) is 0 Å². The van der Waals surface area contributed by atoms with Crippen LogP contribution in [0.2, 0.25) is 0 Å². The maximum Gasteiger partial charge on any atom is 0.167 e. The fourth-order valence-corrected chi connectivity index (χ4v) is 5.67. The molecular weight excluding hydrogens is 279 g/mol. The third-order valence-electron chi connectivity index (χ3n) is 6.24. The standard InChI is InChI=1S/C18H35O2P/c1-5-6-7-8-9-10-11-21(19)20-17-13-15-12-16(14(17)2)18(15,3)4/h14-17,19H,5-13H2,1-4H3/t14-,15-,16+,17-,21?/m0/s1. The van der Waals surface area contributed by atoms with Crippen molar-refractivity contribution in [2.45, 2.75) is 85.2 Å². The fraction of sp³-hybridized carbons (Fsp3) is 1.00. The SMILES string of the molecule is CCCCCCCCP(O)O[C@H]1C[C@@H]2C[C@H]([C@@H]1C)C2(C)C. The van der Waals surface area contributed by atoms with Gasteiger partial charge in [-0.05, 0) is 42.4 Å². The first-order chi connectivity index (χ1) is 9.96. The van der Waals surface area contributed by atoms with E-state index in [1.165, 1.54) is 44.9 Å². The van der Waals surface area contributed by atoms with Gasteiger partial charge in [0, 0.05) is 6.16 Å². The van der Waals surface area contributed by atoms with E-state index in [2.05, 4.69) is 27.7 Å². The highest BCUT2D eigenvalue weighted by Gasteiger charge is 2.56. The summed E-state index contributed by atoms with van der Waals surface area (Å²) in [6, 6.07) is 0. The Labute approximate surface area is 133 Å². The molecule has 2 nitrogen and oxygen atoms in total. The predicted molar refractivity (Wildman–Crippen MR) is 91.4 cm³/mol. The first kappa shape index (κ1) is 17.7. The zero-order valence-corrected chi connectivity index (χ0v) is 15.4. The van der Waals surface area contributed by atoms with Gasteiger partial charge in [0.1, 0.15) is 0 Å². The highest BCUT2D eigenvalue weighted by molar-refractivity contribution is 7.46. The van der Waals surface area contributed by atoms with Crippen LogP contribution in [0.25, 0.3) is 0 Å². The summed E-state index contributed by atoms with van der Waals surface area (Å²) < 4.78 is 6.05. The molecule has 0 heterocycles. The lowest BCUT2D eigenvalue weighted by atomic mass is 9.45. The summed E-state index contributed by atoms with van der Waals surface area (Å²) in [5, 5.41) is 0. The van der Waals surface area contributed by atoms with Gasteiger partial charge in [0.05, 0.1) is 6.10 Å². The lowest BCUT2D eigenvalue weighted by molar-refractivity contribution is -0.146. The van der Waals surface area contributed by atoms with Crippen molar-refractivity contribution in [2.75, 3.05) is 6.16 Å². The molecule has 0 spiro atoms. The van der Waals surface area contributed by atoms with E-state index in [1.807, 2.05) is 0 Å². The first-order valence-corrected chi connectivity index (χ1v) is 10.5. The molecule has 3 rings (SSSR count). The summed E-state index contributed by atoms with van der Waals surface area (Å²) in [6.07, 6.45) is 11.4. The van der Waals surface area contributed by atoms with Crippen LogP contribution in [0.4, 0.5) is 0 Å². The molecule has 0 radical (unpaired) electrons. The summed E-state index contributed by atoms with van der Waals surface area (Å²) in [7, 11) is -1.18. The minimum atomic E-state index is -1.18. The molecule has 2 bridgehead atoms. The third-order valence-corrected chi connectivity index (χ3v) is 7.46. The van der Waals surface area contributed by atoms with Gasteiger partial charge in [0.2, 0.25) is 0 Å². The van der Waals surface area contributed by atoms with Gasteiger partial charge in [0.25, 0.3) is 0 Å². The summed E-state index contributed by atoms with van der Waals surface area (Å²) in [5.41, 5.74) is 0.511. The van der Waals surface area contributed by atoms with Crippen LogP contribution in [0, 0.1) is 23.2 Å². The van der Waals surface area contributed by atoms with Gasteiger partial charge in [-0.2, -0.15) is 0 Å². The average molecular weight is 314 g/mol. The Morgan fingerprint density at radius 1 is 1.10 bits per heavy atom. The highest BCUT2D eigenvalue weighted by Crippen LogP contribution is 2.62. The van der Waals surface area contributed by atoms with Crippen molar-refractivity contribution in [1.82, 2.24) is 0 Å². The van der Waals surface area contributed by atoms with E-state index in [0.29, 0.717) is 17.4 Å². The zero-order chi connectivity index (χ0) is 15.5. The molecule has 0 amide bonds. The molecular formula is C18H35O2P. The van der Waals surface area contributed by atoms with Crippen LogP contribution in [-0.2, 0) is 4.52 Å². The van der Waals surface area contributed by atoms with Crippen molar-refractivity contribution in [2.24, 2.45) is 23.2 Å². The van der Waals surface area contributed by atoms with Gasteiger partial charge in [-0.3, -0.25) is 0 Å². The first-order valence-electron chi connectivity index (χ1n) is 9.10. The summed E-state index contributed by atoms with van der Waals surface area (Å²) >= 11 is 0. The molecule has 5 atom stereocenters. The highest BCUT2D eigenvalue weighted by atomic mass is 31.2. The van der Waals surface area contributed by atoms with E-state index in [4.69, 9.17) is 4.52 Å². The second-order valence-electron chi connectivity index (χ2n) is 7.94. The zero-order valence-electron chi connectivity index (χ0n) is 14.5. The second kappa shape index (κ2) is 7.75. The molecule has 0 aliphatic heterocycles. The molecule has 1 N–H and O–H groups in total. The van der Waals surface area contributed by atoms with E-state index < -0.39 is 8.38 Å². The van der Waals surface area contributed by atoms with Crippen LogP contribution in [0.3, 0.4) is 0 Å². The van der Waals surface area contributed by atoms with Crippen LogP contribution in [0.1, 0.15) is 79.1 Å². The largest absolute Gasteiger partial charge is 0.350 e. The molecule has 3 aliphatic carbocycles. The van der Waals surface area contributed by atoms with Crippen molar-refractivity contribution >= 4 is 8.38 Å². The molecule has 3 fully saturated rings. The number of hydrogen-bond acceptors (Lipinski definition) is 2. The smallest absolute Gasteiger partial charge is 0.167 e. The second-order valence-corrected chi connectivity index (χ2v) is 9.31. The fourth-order valence-electron chi connectivity index (χ4n) is 4.48. The Morgan fingerprint density at radius 2 is 1.76 bits per heavy atom. The number of rotatable bonds is 9. The topological polar surface area (TPSA) is 29.5 Å². The van der Waals surface area contributed by atoms with Gasteiger partial charge in [0.15, 0.2) is 8.38 Å². The third kappa shape index (κ3) is 4.21. The molecule has 124 valence electrons. The van der Waals surface area contributed by atoms with Crippen LogP contribution < -0.4 is 0 Å². The van der Waals surface area contributed by atoms with Crippen molar-refractivity contribution in [3.8, 4) is 0 Å². The van der Waals surface area contributed by atoms with Crippen LogP contribution in [0.15, 0.2) is 0 Å². The Hall–Kier alpha value is 0.350. The number of fused-ring (bicyclic) bond motifs is 2. The number of unbranched alkanes of at least 4 members (excludes halogenated alkanes) is 5. The van der Waals surface area contributed by atoms with E-state index in [-0.39, 0.29) is 0 Å². The average Bonchev–Trinajstić information content (AvgIpc) is 2.44. The Balaban J connectivity index is 1.62. The quantitative estimate of drug-likeness (QED) is 0.434. The van der Waals surface area contributed by atoms with Gasteiger partial charge < -0.3 is 9.42 Å². The van der Waals surface area contributed by atoms with Gasteiger partial charge in [-0.15, -0.1) is 0 Å². The Bertz CT molecular complexity index is 318. The minimum Gasteiger partial charge on any atom is -0.350 e. The normalized spacial score (nSPS) is 35.3. The van der Waals surface area contributed by atoms with E-state index in [9.17, 15) is 4.89 Å². The summed E-state index contributed by atoms with van der Waals surface area (Å²) in [5.74, 6) is 2.24. The molecule has 21 heavy (non-hydrogen) atoms. The minimum absolute atomic E-state index is 0.318. The monoisotopic (exact) mass is 314 g/mol. The van der Waals surface area contributed by atoms with Gasteiger partial charge in [-0.25, -0.2) is 0 Å².